The van der Waals surface area contributed by atoms with E-state index in [-0.39, 0.29) is 6.10 Å². The summed E-state index contributed by atoms with van der Waals surface area (Å²) in [4.78, 5) is 6.92. The van der Waals surface area contributed by atoms with E-state index in [0.717, 1.165) is 18.9 Å². The van der Waals surface area contributed by atoms with E-state index in [4.69, 9.17) is 10.5 Å². The standard InChI is InChI=1S/C15H25N3O/c1-10(2)19-15-13(16)5-6-14(17-15)18-8-11(3)7-12(4)9-18/h5-6,10-12H,7-9,16H2,1-4H3. The lowest BCUT2D eigenvalue weighted by molar-refractivity contribution is 0.234. The number of nitrogens with two attached hydrogens (primary N) is 1. The van der Waals surface area contributed by atoms with Crippen LogP contribution < -0.4 is 15.4 Å². The zero-order valence-corrected chi connectivity index (χ0v) is 12.4. The van der Waals surface area contributed by atoms with Gasteiger partial charge < -0.3 is 15.4 Å². The molecule has 0 spiro atoms. The van der Waals surface area contributed by atoms with Gasteiger partial charge in [0.1, 0.15) is 5.82 Å². The normalized spacial score (nSPS) is 23.7. The highest BCUT2D eigenvalue weighted by molar-refractivity contribution is 5.54. The third kappa shape index (κ3) is 3.52. The van der Waals surface area contributed by atoms with E-state index < -0.39 is 0 Å². The van der Waals surface area contributed by atoms with Crippen LogP contribution in [0, 0.1) is 11.8 Å². The molecule has 2 N–H and O–H groups in total. The summed E-state index contributed by atoms with van der Waals surface area (Å²) in [5.74, 6) is 2.94. The summed E-state index contributed by atoms with van der Waals surface area (Å²) in [6.45, 7) is 10.7. The Morgan fingerprint density at radius 1 is 1.26 bits per heavy atom. The highest BCUT2D eigenvalue weighted by Gasteiger charge is 2.23. The second kappa shape index (κ2) is 5.68. The molecule has 2 atom stereocenters. The molecule has 4 nitrogen and oxygen atoms in total. The van der Waals surface area contributed by atoms with E-state index in [1.54, 1.807) is 0 Å². The van der Waals surface area contributed by atoms with Crippen LogP contribution in [0.5, 0.6) is 5.88 Å². The predicted molar refractivity (Wildman–Crippen MR) is 79.6 cm³/mol. The zero-order valence-electron chi connectivity index (χ0n) is 12.4. The van der Waals surface area contributed by atoms with Gasteiger partial charge >= 0.3 is 0 Å². The maximum atomic E-state index is 5.92. The molecule has 19 heavy (non-hydrogen) atoms. The topological polar surface area (TPSA) is 51.4 Å². The molecule has 0 aromatic carbocycles. The number of anilines is 2. The van der Waals surface area contributed by atoms with E-state index in [1.807, 2.05) is 26.0 Å². The molecule has 1 saturated heterocycles. The molecule has 2 rings (SSSR count). The number of hydrogen-bond donors (Lipinski definition) is 1. The number of aromatic nitrogens is 1. The van der Waals surface area contributed by atoms with Crippen LogP contribution in [0.2, 0.25) is 0 Å². The highest BCUT2D eigenvalue weighted by atomic mass is 16.5. The van der Waals surface area contributed by atoms with Crippen molar-refractivity contribution in [2.45, 2.75) is 40.2 Å². The van der Waals surface area contributed by atoms with Gasteiger partial charge in [-0.25, -0.2) is 0 Å². The van der Waals surface area contributed by atoms with E-state index in [2.05, 4.69) is 23.7 Å². The fraction of sp³-hybridized carbons (Fsp3) is 0.667. The summed E-state index contributed by atoms with van der Waals surface area (Å²) in [5, 5.41) is 0. The molecule has 2 unspecified atom stereocenters. The fourth-order valence-electron chi connectivity index (χ4n) is 2.79. The molecule has 0 saturated carbocycles. The van der Waals surface area contributed by atoms with Gasteiger partial charge in [0, 0.05) is 13.1 Å². The smallest absolute Gasteiger partial charge is 0.239 e. The van der Waals surface area contributed by atoms with E-state index in [0.29, 0.717) is 23.4 Å². The second-order valence-electron chi connectivity index (χ2n) is 6.08. The quantitative estimate of drug-likeness (QED) is 0.911. The number of rotatable bonds is 3. The monoisotopic (exact) mass is 263 g/mol. The Kier molecular flexibility index (Phi) is 4.17. The number of ether oxygens (including phenoxy) is 1. The summed E-state index contributed by atoms with van der Waals surface area (Å²) in [7, 11) is 0. The first-order valence-corrected chi connectivity index (χ1v) is 7.13. The molecule has 1 fully saturated rings. The molecule has 1 aromatic heterocycles. The lowest BCUT2D eigenvalue weighted by Crippen LogP contribution is -2.39. The molecule has 0 aliphatic carbocycles. The molecule has 1 aliphatic rings. The van der Waals surface area contributed by atoms with Crippen molar-refractivity contribution in [2.24, 2.45) is 11.8 Å². The van der Waals surface area contributed by atoms with Crippen LogP contribution in [0.25, 0.3) is 0 Å². The van der Waals surface area contributed by atoms with Gasteiger partial charge in [-0.1, -0.05) is 13.8 Å². The van der Waals surface area contributed by atoms with Gasteiger partial charge in [0.05, 0.1) is 11.8 Å². The van der Waals surface area contributed by atoms with E-state index in [9.17, 15) is 0 Å². The molecule has 4 heteroatoms. The van der Waals surface area contributed by atoms with Crippen molar-refractivity contribution >= 4 is 11.5 Å². The van der Waals surface area contributed by atoms with Crippen LogP contribution in [-0.4, -0.2) is 24.2 Å². The van der Waals surface area contributed by atoms with Crippen LogP contribution >= 0.6 is 0 Å². The van der Waals surface area contributed by atoms with Gasteiger partial charge in [-0.2, -0.15) is 4.98 Å². The average Bonchev–Trinajstić information content (AvgIpc) is 2.30. The van der Waals surface area contributed by atoms with Gasteiger partial charge in [0.2, 0.25) is 5.88 Å². The third-order valence-electron chi connectivity index (χ3n) is 3.42. The van der Waals surface area contributed by atoms with Crippen molar-refractivity contribution in [2.75, 3.05) is 23.7 Å². The van der Waals surface area contributed by atoms with Crippen LogP contribution in [-0.2, 0) is 0 Å². The molecule has 106 valence electrons. The van der Waals surface area contributed by atoms with Gasteiger partial charge in [0.15, 0.2) is 0 Å². The number of pyridine rings is 1. The van der Waals surface area contributed by atoms with Crippen LogP contribution in [0.1, 0.15) is 34.1 Å². The average molecular weight is 263 g/mol. The molecular formula is C15H25N3O. The lowest BCUT2D eigenvalue weighted by atomic mass is 9.92. The van der Waals surface area contributed by atoms with Crippen LogP contribution in [0.3, 0.4) is 0 Å². The molecular weight excluding hydrogens is 238 g/mol. The lowest BCUT2D eigenvalue weighted by Gasteiger charge is -2.36. The summed E-state index contributed by atoms with van der Waals surface area (Å²) in [6, 6.07) is 3.89. The number of hydrogen-bond acceptors (Lipinski definition) is 4. The molecule has 0 radical (unpaired) electrons. The Morgan fingerprint density at radius 2 is 1.89 bits per heavy atom. The Hall–Kier alpha value is -1.45. The highest BCUT2D eigenvalue weighted by Crippen LogP contribution is 2.28. The van der Waals surface area contributed by atoms with Crippen molar-refractivity contribution in [1.29, 1.82) is 0 Å². The minimum absolute atomic E-state index is 0.0873. The maximum absolute atomic E-state index is 5.92. The van der Waals surface area contributed by atoms with Crippen LogP contribution in [0.15, 0.2) is 12.1 Å². The molecule has 1 aromatic rings. The largest absolute Gasteiger partial charge is 0.473 e. The predicted octanol–water partition coefficient (Wildman–Crippen LogP) is 2.93. The first-order chi connectivity index (χ1) is 8.95. The summed E-state index contributed by atoms with van der Waals surface area (Å²) in [5.41, 5.74) is 6.52. The Morgan fingerprint density at radius 3 is 2.47 bits per heavy atom. The van der Waals surface area contributed by atoms with Gasteiger partial charge in [-0.05, 0) is 44.2 Å². The number of nitrogen functional groups attached to an aromatic ring is 1. The van der Waals surface area contributed by atoms with Crippen molar-refractivity contribution in [3.63, 3.8) is 0 Å². The SMILES string of the molecule is CC1CC(C)CN(c2ccc(N)c(OC(C)C)n2)C1. The minimum atomic E-state index is 0.0873. The molecule has 2 heterocycles. The number of piperidine rings is 1. The summed E-state index contributed by atoms with van der Waals surface area (Å²) < 4.78 is 5.67. The van der Waals surface area contributed by atoms with Crippen molar-refractivity contribution < 1.29 is 4.74 Å². The van der Waals surface area contributed by atoms with Gasteiger partial charge in [-0.3, -0.25) is 0 Å². The first-order valence-electron chi connectivity index (χ1n) is 7.13. The molecule has 1 aliphatic heterocycles. The summed E-state index contributed by atoms with van der Waals surface area (Å²) in [6.07, 6.45) is 1.38. The zero-order chi connectivity index (χ0) is 14.0. The minimum Gasteiger partial charge on any atom is -0.473 e. The number of nitrogens with zero attached hydrogens (tertiary/aromatic N) is 2. The van der Waals surface area contributed by atoms with Crippen molar-refractivity contribution in [1.82, 2.24) is 4.98 Å². The van der Waals surface area contributed by atoms with Gasteiger partial charge in [-0.15, -0.1) is 0 Å². The molecule has 0 bridgehead atoms. The Bertz CT molecular complexity index is 423. The van der Waals surface area contributed by atoms with Gasteiger partial charge in [0.25, 0.3) is 0 Å². The van der Waals surface area contributed by atoms with Crippen molar-refractivity contribution in [3.8, 4) is 5.88 Å². The van der Waals surface area contributed by atoms with E-state index >= 15 is 0 Å². The maximum Gasteiger partial charge on any atom is 0.239 e. The summed E-state index contributed by atoms with van der Waals surface area (Å²) >= 11 is 0. The second-order valence-corrected chi connectivity index (χ2v) is 6.08. The van der Waals surface area contributed by atoms with Crippen molar-refractivity contribution in [3.05, 3.63) is 12.1 Å². The Balaban J connectivity index is 2.20. The first kappa shape index (κ1) is 14.0. The van der Waals surface area contributed by atoms with Crippen LogP contribution in [0.4, 0.5) is 11.5 Å². The fourth-order valence-corrected chi connectivity index (χ4v) is 2.79. The third-order valence-corrected chi connectivity index (χ3v) is 3.42. The Labute approximate surface area is 116 Å². The van der Waals surface area contributed by atoms with E-state index in [1.165, 1.54) is 6.42 Å². The molecule has 0 amide bonds.